The van der Waals surface area contributed by atoms with Crippen LogP contribution in [0.3, 0.4) is 0 Å². The number of nitrogens with zero attached hydrogens (tertiary/aromatic N) is 3. The van der Waals surface area contributed by atoms with Gasteiger partial charge in [-0.3, -0.25) is 4.57 Å². The molecule has 0 radical (unpaired) electrons. The van der Waals surface area contributed by atoms with Gasteiger partial charge in [-0.15, -0.1) is 0 Å². The summed E-state index contributed by atoms with van der Waals surface area (Å²) in [6, 6.07) is 2.30. The van der Waals surface area contributed by atoms with Crippen LogP contribution < -0.4 is 5.73 Å². The Labute approximate surface area is 101 Å². The molecule has 0 unspecified atom stereocenters. The van der Waals surface area contributed by atoms with Crippen molar-refractivity contribution in [3.05, 3.63) is 42.1 Å². The lowest BCUT2D eigenvalue weighted by atomic mass is 10.3. The fourth-order valence-corrected chi connectivity index (χ4v) is 1.55. The first-order valence-corrected chi connectivity index (χ1v) is 5.28. The number of halogens is 3. The molecule has 0 aliphatic rings. The van der Waals surface area contributed by atoms with Crippen LogP contribution in [-0.2, 0) is 12.6 Å². The normalized spacial score (nSPS) is 11.8. The predicted octanol–water partition coefficient (Wildman–Crippen LogP) is 1.79. The van der Waals surface area contributed by atoms with Gasteiger partial charge in [-0.1, -0.05) is 0 Å². The lowest BCUT2D eigenvalue weighted by molar-refractivity contribution is -0.137. The van der Waals surface area contributed by atoms with Crippen LogP contribution in [0.4, 0.5) is 13.2 Å². The molecule has 0 spiro atoms. The number of imidazole rings is 1. The van der Waals surface area contributed by atoms with Crippen molar-refractivity contribution in [2.75, 3.05) is 6.54 Å². The average Bonchev–Trinajstić information content (AvgIpc) is 2.77. The third kappa shape index (κ3) is 2.51. The van der Waals surface area contributed by atoms with Gasteiger partial charge < -0.3 is 5.73 Å². The van der Waals surface area contributed by atoms with E-state index in [9.17, 15) is 13.2 Å². The van der Waals surface area contributed by atoms with Crippen LogP contribution in [0.25, 0.3) is 5.82 Å². The van der Waals surface area contributed by atoms with Crippen molar-refractivity contribution in [2.24, 2.45) is 5.73 Å². The van der Waals surface area contributed by atoms with Crippen molar-refractivity contribution in [1.29, 1.82) is 0 Å². The quantitative estimate of drug-likeness (QED) is 0.910. The largest absolute Gasteiger partial charge is 0.417 e. The smallest absolute Gasteiger partial charge is 0.330 e. The number of hydrogen-bond donors (Lipinski definition) is 1. The van der Waals surface area contributed by atoms with E-state index in [0.717, 1.165) is 12.3 Å². The van der Waals surface area contributed by atoms with Gasteiger partial charge in [-0.05, 0) is 18.7 Å². The van der Waals surface area contributed by atoms with E-state index in [0.29, 0.717) is 24.6 Å². The Balaban J connectivity index is 2.32. The van der Waals surface area contributed by atoms with Gasteiger partial charge in [-0.2, -0.15) is 13.2 Å². The Morgan fingerprint density at radius 1 is 1.22 bits per heavy atom. The van der Waals surface area contributed by atoms with Gasteiger partial charge in [0.15, 0.2) is 0 Å². The summed E-state index contributed by atoms with van der Waals surface area (Å²) in [7, 11) is 0. The Morgan fingerprint density at radius 2 is 2.00 bits per heavy atom. The van der Waals surface area contributed by atoms with Crippen LogP contribution in [0, 0.1) is 0 Å². The maximum atomic E-state index is 12.4. The Hall–Kier alpha value is -1.89. The van der Waals surface area contributed by atoms with Crippen molar-refractivity contribution in [3.8, 4) is 5.82 Å². The fourth-order valence-electron chi connectivity index (χ4n) is 1.55. The molecule has 2 aromatic rings. The standard InChI is InChI=1S/C11H11F3N4/c12-11(13,14)8-1-2-9(17-7-8)18-6-5-16-10(18)3-4-15/h1-2,5-7H,3-4,15H2. The predicted molar refractivity (Wildman–Crippen MR) is 59.1 cm³/mol. The molecule has 0 aliphatic heterocycles. The minimum absolute atomic E-state index is 0.393. The lowest BCUT2D eigenvalue weighted by Crippen LogP contribution is -2.10. The second kappa shape index (κ2) is 4.77. The molecule has 96 valence electrons. The molecule has 2 rings (SSSR count). The van der Waals surface area contributed by atoms with E-state index < -0.39 is 11.7 Å². The van der Waals surface area contributed by atoms with E-state index in [4.69, 9.17) is 5.73 Å². The zero-order valence-corrected chi connectivity index (χ0v) is 9.35. The molecule has 0 aromatic carbocycles. The van der Waals surface area contributed by atoms with Crippen LogP contribution in [0.15, 0.2) is 30.7 Å². The summed E-state index contributed by atoms with van der Waals surface area (Å²) in [5.41, 5.74) is 4.65. The molecule has 0 aliphatic carbocycles. The van der Waals surface area contributed by atoms with Gasteiger partial charge in [0.2, 0.25) is 0 Å². The maximum Gasteiger partial charge on any atom is 0.417 e. The molecular weight excluding hydrogens is 245 g/mol. The van der Waals surface area contributed by atoms with Gasteiger partial charge >= 0.3 is 6.18 Å². The monoisotopic (exact) mass is 256 g/mol. The van der Waals surface area contributed by atoms with E-state index in [-0.39, 0.29) is 0 Å². The Kier molecular flexibility index (Phi) is 3.33. The molecule has 0 fully saturated rings. The summed E-state index contributed by atoms with van der Waals surface area (Å²) in [4.78, 5) is 7.87. The molecule has 2 heterocycles. The van der Waals surface area contributed by atoms with Crippen LogP contribution in [0.1, 0.15) is 11.4 Å². The number of pyridine rings is 1. The number of aromatic nitrogens is 3. The summed E-state index contributed by atoms with van der Waals surface area (Å²) >= 11 is 0. The van der Waals surface area contributed by atoms with E-state index in [1.807, 2.05) is 0 Å². The highest BCUT2D eigenvalue weighted by atomic mass is 19.4. The lowest BCUT2D eigenvalue weighted by Gasteiger charge is -2.09. The topological polar surface area (TPSA) is 56.7 Å². The van der Waals surface area contributed by atoms with Gasteiger partial charge in [-0.25, -0.2) is 9.97 Å². The maximum absolute atomic E-state index is 12.4. The molecule has 0 atom stereocenters. The molecule has 18 heavy (non-hydrogen) atoms. The van der Waals surface area contributed by atoms with Crippen molar-refractivity contribution in [2.45, 2.75) is 12.6 Å². The second-order valence-corrected chi connectivity index (χ2v) is 3.65. The van der Waals surface area contributed by atoms with Gasteiger partial charge in [0.1, 0.15) is 11.6 Å². The number of alkyl halides is 3. The van der Waals surface area contributed by atoms with E-state index in [2.05, 4.69) is 9.97 Å². The van der Waals surface area contributed by atoms with E-state index in [1.165, 1.54) is 6.07 Å². The average molecular weight is 256 g/mol. The van der Waals surface area contributed by atoms with Crippen molar-refractivity contribution >= 4 is 0 Å². The van der Waals surface area contributed by atoms with Crippen LogP contribution in [-0.4, -0.2) is 21.1 Å². The summed E-state index contributed by atoms with van der Waals surface area (Å²) in [5.74, 6) is 1.06. The minimum atomic E-state index is -4.37. The van der Waals surface area contributed by atoms with Crippen molar-refractivity contribution in [3.63, 3.8) is 0 Å². The molecule has 0 amide bonds. The molecule has 0 bridgehead atoms. The third-order valence-corrected chi connectivity index (χ3v) is 2.41. The summed E-state index contributed by atoms with van der Waals surface area (Å²) < 4.78 is 38.8. The fraction of sp³-hybridized carbons (Fsp3) is 0.273. The highest BCUT2D eigenvalue weighted by molar-refractivity contribution is 5.28. The van der Waals surface area contributed by atoms with E-state index in [1.54, 1.807) is 17.0 Å². The Morgan fingerprint density at radius 3 is 2.56 bits per heavy atom. The molecule has 7 heteroatoms. The number of hydrogen-bond acceptors (Lipinski definition) is 3. The van der Waals surface area contributed by atoms with Gasteiger partial charge in [0.05, 0.1) is 5.56 Å². The first-order chi connectivity index (χ1) is 8.52. The second-order valence-electron chi connectivity index (χ2n) is 3.65. The highest BCUT2D eigenvalue weighted by Crippen LogP contribution is 2.28. The number of rotatable bonds is 3. The van der Waals surface area contributed by atoms with Crippen LogP contribution in [0.5, 0.6) is 0 Å². The molecular formula is C11H11F3N4. The molecule has 2 aromatic heterocycles. The third-order valence-electron chi connectivity index (χ3n) is 2.41. The van der Waals surface area contributed by atoms with Crippen LogP contribution >= 0.6 is 0 Å². The minimum Gasteiger partial charge on any atom is -0.330 e. The number of nitrogens with two attached hydrogens (primary N) is 1. The van der Waals surface area contributed by atoms with Crippen LogP contribution in [0.2, 0.25) is 0 Å². The zero-order valence-electron chi connectivity index (χ0n) is 9.35. The first kappa shape index (κ1) is 12.6. The highest BCUT2D eigenvalue weighted by Gasteiger charge is 2.30. The van der Waals surface area contributed by atoms with Gasteiger partial charge in [0, 0.05) is 25.0 Å². The van der Waals surface area contributed by atoms with Crippen molar-refractivity contribution < 1.29 is 13.2 Å². The van der Waals surface area contributed by atoms with Gasteiger partial charge in [0.25, 0.3) is 0 Å². The summed E-state index contributed by atoms with van der Waals surface area (Å²) in [6.07, 6.45) is 0.169. The zero-order chi connectivity index (χ0) is 13.2. The summed E-state index contributed by atoms with van der Waals surface area (Å²) in [5, 5.41) is 0. The summed E-state index contributed by atoms with van der Waals surface area (Å²) in [6.45, 7) is 0.414. The Bertz CT molecular complexity index is 516. The molecule has 2 N–H and O–H groups in total. The first-order valence-electron chi connectivity index (χ1n) is 5.28. The molecule has 4 nitrogen and oxygen atoms in total. The molecule has 0 saturated heterocycles. The molecule has 0 saturated carbocycles. The SMILES string of the molecule is NCCc1nccn1-c1ccc(C(F)(F)F)cn1. The van der Waals surface area contributed by atoms with E-state index >= 15 is 0 Å². The van der Waals surface area contributed by atoms with Crippen molar-refractivity contribution in [1.82, 2.24) is 14.5 Å².